The van der Waals surface area contributed by atoms with Crippen molar-refractivity contribution in [3.05, 3.63) is 54.6 Å². The quantitative estimate of drug-likeness (QED) is 0.565. The van der Waals surface area contributed by atoms with E-state index in [4.69, 9.17) is 4.52 Å². The van der Waals surface area contributed by atoms with E-state index in [1.54, 1.807) is 12.1 Å². The van der Waals surface area contributed by atoms with Crippen molar-refractivity contribution in [2.75, 3.05) is 13.1 Å². The van der Waals surface area contributed by atoms with Crippen LogP contribution in [0.5, 0.6) is 0 Å². The van der Waals surface area contributed by atoms with Crippen LogP contribution in [0.2, 0.25) is 0 Å². The molecule has 1 saturated heterocycles. The summed E-state index contributed by atoms with van der Waals surface area (Å²) < 4.78 is 32.0. The molecule has 28 heavy (non-hydrogen) atoms. The molecule has 3 heterocycles. The lowest BCUT2D eigenvalue weighted by atomic mass is 10.2. The molecule has 1 aliphatic rings. The van der Waals surface area contributed by atoms with Crippen LogP contribution < -0.4 is 0 Å². The van der Waals surface area contributed by atoms with Crippen molar-refractivity contribution < 1.29 is 12.9 Å². The second-order valence-electron chi connectivity index (χ2n) is 6.53. The summed E-state index contributed by atoms with van der Waals surface area (Å²) in [7, 11) is -3.44. The monoisotopic (exact) mass is 416 g/mol. The Kier molecular flexibility index (Phi) is 5.47. The van der Waals surface area contributed by atoms with Gasteiger partial charge in [-0.2, -0.15) is 9.29 Å². The van der Waals surface area contributed by atoms with Gasteiger partial charge in [-0.1, -0.05) is 47.3 Å². The van der Waals surface area contributed by atoms with Gasteiger partial charge in [0.15, 0.2) is 0 Å². The standard InChI is InChI=1S/C19H20N4O3S2/c1-14(19-21-18(22-26-19)15-7-3-2-4-8-15)27-17-10-9-16(13-20-17)28(24,25)23-11-5-6-12-23/h2-4,7-10,13-14H,5-6,11-12H2,1H3/t14-/m1/s1. The van der Waals surface area contributed by atoms with Gasteiger partial charge in [-0.25, -0.2) is 13.4 Å². The summed E-state index contributed by atoms with van der Waals surface area (Å²) in [4.78, 5) is 9.00. The third-order valence-electron chi connectivity index (χ3n) is 4.53. The number of benzene rings is 1. The van der Waals surface area contributed by atoms with Crippen molar-refractivity contribution in [1.29, 1.82) is 0 Å². The molecule has 146 valence electrons. The number of hydrogen-bond donors (Lipinski definition) is 0. The largest absolute Gasteiger partial charge is 0.338 e. The lowest BCUT2D eigenvalue weighted by Gasteiger charge is -2.15. The predicted octanol–water partition coefficient (Wildman–Crippen LogP) is 3.77. The molecule has 7 nitrogen and oxygen atoms in total. The van der Waals surface area contributed by atoms with Crippen LogP contribution in [0.15, 0.2) is 63.1 Å². The zero-order valence-corrected chi connectivity index (χ0v) is 17.0. The highest BCUT2D eigenvalue weighted by atomic mass is 32.2. The molecule has 1 fully saturated rings. The molecular weight excluding hydrogens is 396 g/mol. The van der Waals surface area contributed by atoms with Crippen molar-refractivity contribution >= 4 is 21.8 Å². The van der Waals surface area contributed by atoms with Gasteiger partial charge in [0.1, 0.15) is 4.90 Å². The molecule has 0 bridgehead atoms. The molecule has 1 aliphatic heterocycles. The van der Waals surface area contributed by atoms with Gasteiger partial charge in [0.25, 0.3) is 0 Å². The van der Waals surface area contributed by atoms with Crippen LogP contribution in [0.3, 0.4) is 0 Å². The van der Waals surface area contributed by atoms with Crippen molar-refractivity contribution in [3.8, 4) is 11.4 Å². The summed E-state index contributed by atoms with van der Waals surface area (Å²) in [5, 5.41) is 4.62. The zero-order chi connectivity index (χ0) is 19.6. The molecule has 4 rings (SSSR count). The number of rotatable bonds is 6. The SMILES string of the molecule is C[C@@H](Sc1ccc(S(=O)(=O)N2CCCC2)cn1)c1nc(-c2ccccc2)no1. The second-order valence-corrected chi connectivity index (χ2v) is 9.82. The van der Waals surface area contributed by atoms with Gasteiger partial charge in [-0.3, -0.25) is 0 Å². The normalized spacial score (nSPS) is 16.3. The van der Waals surface area contributed by atoms with Crippen LogP contribution >= 0.6 is 11.8 Å². The van der Waals surface area contributed by atoms with Crippen LogP contribution in [0.4, 0.5) is 0 Å². The molecule has 1 aromatic carbocycles. The van der Waals surface area contributed by atoms with E-state index in [0.717, 1.165) is 18.4 Å². The van der Waals surface area contributed by atoms with Crippen LogP contribution in [0.25, 0.3) is 11.4 Å². The van der Waals surface area contributed by atoms with E-state index in [0.29, 0.717) is 29.8 Å². The van der Waals surface area contributed by atoms with Crippen molar-refractivity contribution in [2.45, 2.75) is 34.9 Å². The van der Waals surface area contributed by atoms with Gasteiger partial charge in [0.05, 0.1) is 10.3 Å². The highest BCUT2D eigenvalue weighted by Gasteiger charge is 2.27. The molecule has 9 heteroatoms. The lowest BCUT2D eigenvalue weighted by molar-refractivity contribution is 0.380. The van der Waals surface area contributed by atoms with E-state index < -0.39 is 10.0 Å². The molecule has 0 saturated carbocycles. The third-order valence-corrected chi connectivity index (χ3v) is 7.45. The first-order valence-electron chi connectivity index (χ1n) is 9.06. The maximum atomic E-state index is 12.6. The Labute approximate surface area is 168 Å². The number of aromatic nitrogens is 3. The smallest absolute Gasteiger partial charge is 0.244 e. The topological polar surface area (TPSA) is 89.2 Å². The Balaban J connectivity index is 1.45. The van der Waals surface area contributed by atoms with Gasteiger partial charge < -0.3 is 4.52 Å². The van der Waals surface area contributed by atoms with Crippen molar-refractivity contribution in [2.24, 2.45) is 0 Å². The minimum atomic E-state index is -3.44. The van der Waals surface area contributed by atoms with Crippen molar-refractivity contribution in [3.63, 3.8) is 0 Å². The third kappa shape index (κ3) is 3.96. The minimum Gasteiger partial charge on any atom is -0.338 e. The summed E-state index contributed by atoms with van der Waals surface area (Å²) in [5.74, 6) is 1.04. The maximum absolute atomic E-state index is 12.6. The predicted molar refractivity (Wildman–Crippen MR) is 106 cm³/mol. The summed E-state index contributed by atoms with van der Waals surface area (Å²) in [5.41, 5.74) is 0.893. The molecule has 0 spiro atoms. The van der Waals surface area contributed by atoms with Crippen LogP contribution in [-0.4, -0.2) is 40.9 Å². The van der Waals surface area contributed by atoms with Gasteiger partial charge in [-0.05, 0) is 31.9 Å². The van der Waals surface area contributed by atoms with Gasteiger partial charge in [0, 0.05) is 24.8 Å². The average Bonchev–Trinajstić information content (AvgIpc) is 3.42. The van der Waals surface area contributed by atoms with E-state index >= 15 is 0 Å². The Bertz CT molecular complexity index is 1030. The fourth-order valence-corrected chi connectivity index (χ4v) is 5.28. The summed E-state index contributed by atoms with van der Waals surface area (Å²) in [6, 6.07) is 13.0. The number of sulfonamides is 1. The van der Waals surface area contributed by atoms with Gasteiger partial charge in [-0.15, -0.1) is 0 Å². The molecule has 0 amide bonds. The Hall–Kier alpha value is -2.23. The lowest BCUT2D eigenvalue weighted by Crippen LogP contribution is -2.27. The fourth-order valence-electron chi connectivity index (χ4n) is 3.00. The van der Waals surface area contributed by atoms with E-state index in [-0.39, 0.29) is 10.1 Å². The Morgan fingerprint density at radius 1 is 1.11 bits per heavy atom. The number of thioether (sulfide) groups is 1. The zero-order valence-electron chi connectivity index (χ0n) is 15.4. The minimum absolute atomic E-state index is 0.112. The Morgan fingerprint density at radius 3 is 2.54 bits per heavy atom. The molecular formula is C19H20N4O3S2. The molecule has 0 N–H and O–H groups in total. The molecule has 0 radical (unpaired) electrons. The number of nitrogens with zero attached hydrogens (tertiary/aromatic N) is 4. The molecule has 3 aromatic rings. The van der Waals surface area contributed by atoms with E-state index in [1.165, 1.54) is 22.3 Å². The second kappa shape index (κ2) is 8.02. The van der Waals surface area contributed by atoms with E-state index in [9.17, 15) is 8.42 Å². The summed E-state index contributed by atoms with van der Waals surface area (Å²) in [6.07, 6.45) is 3.24. The number of hydrogen-bond acceptors (Lipinski definition) is 7. The van der Waals surface area contributed by atoms with Crippen LogP contribution in [0, 0.1) is 0 Å². The highest BCUT2D eigenvalue weighted by Crippen LogP contribution is 2.34. The number of pyridine rings is 1. The molecule has 2 aromatic heterocycles. The first kappa shape index (κ1) is 19.1. The van der Waals surface area contributed by atoms with Gasteiger partial charge >= 0.3 is 0 Å². The Morgan fingerprint density at radius 2 is 1.86 bits per heavy atom. The van der Waals surface area contributed by atoms with Crippen LogP contribution in [0.1, 0.15) is 30.9 Å². The molecule has 0 unspecified atom stereocenters. The maximum Gasteiger partial charge on any atom is 0.244 e. The van der Waals surface area contributed by atoms with Crippen LogP contribution in [-0.2, 0) is 10.0 Å². The van der Waals surface area contributed by atoms with E-state index in [1.807, 2.05) is 37.3 Å². The van der Waals surface area contributed by atoms with Gasteiger partial charge in [0.2, 0.25) is 21.7 Å². The van der Waals surface area contributed by atoms with Crippen molar-refractivity contribution in [1.82, 2.24) is 19.4 Å². The first-order chi connectivity index (χ1) is 13.5. The fraction of sp³-hybridized carbons (Fsp3) is 0.316. The summed E-state index contributed by atoms with van der Waals surface area (Å²) in [6.45, 7) is 3.11. The first-order valence-corrected chi connectivity index (χ1v) is 11.4. The highest BCUT2D eigenvalue weighted by molar-refractivity contribution is 7.99. The average molecular weight is 417 g/mol. The van der Waals surface area contributed by atoms with E-state index in [2.05, 4.69) is 15.1 Å². The molecule has 1 atom stereocenters. The molecule has 0 aliphatic carbocycles. The summed E-state index contributed by atoms with van der Waals surface area (Å²) >= 11 is 1.44.